The number of rotatable bonds is 5. The zero-order valence-corrected chi connectivity index (χ0v) is 17.0. The summed E-state index contributed by atoms with van der Waals surface area (Å²) in [6, 6.07) is 15.1. The predicted octanol–water partition coefficient (Wildman–Crippen LogP) is 3.71. The molecule has 0 fully saturated rings. The second kappa shape index (κ2) is 8.08. The van der Waals surface area contributed by atoms with Gasteiger partial charge in [0, 0.05) is 11.4 Å². The minimum absolute atomic E-state index is 0.0236. The van der Waals surface area contributed by atoms with Gasteiger partial charge in [-0.3, -0.25) is 14.9 Å². The molecule has 4 rings (SSSR count). The van der Waals surface area contributed by atoms with Gasteiger partial charge in [-0.2, -0.15) is 4.98 Å². The van der Waals surface area contributed by atoms with E-state index in [1.807, 2.05) is 62.4 Å². The van der Waals surface area contributed by atoms with Crippen molar-refractivity contribution in [3.05, 3.63) is 65.2 Å². The van der Waals surface area contributed by atoms with Gasteiger partial charge in [-0.15, -0.1) is 5.10 Å². The summed E-state index contributed by atoms with van der Waals surface area (Å²) in [7, 11) is 0. The Hall–Kier alpha value is -3.13. The maximum absolute atomic E-state index is 12.9. The van der Waals surface area contributed by atoms with E-state index in [0.29, 0.717) is 22.5 Å². The average molecular weight is 407 g/mol. The molecule has 1 atom stereocenters. The molecular formula is C21H21N5O2S. The molecule has 2 aromatic carbocycles. The van der Waals surface area contributed by atoms with Crippen LogP contribution in [0.4, 0.5) is 11.6 Å². The van der Waals surface area contributed by atoms with Crippen LogP contribution in [0.2, 0.25) is 0 Å². The first-order chi connectivity index (χ1) is 14.0. The Bertz CT molecular complexity index is 1040. The van der Waals surface area contributed by atoms with Gasteiger partial charge in [-0.05, 0) is 42.7 Å². The monoisotopic (exact) mass is 407 g/mol. The number of carbonyl (C=O) groups excluding carboxylic acids is 2. The van der Waals surface area contributed by atoms with Crippen molar-refractivity contribution >= 4 is 35.2 Å². The van der Waals surface area contributed by atoms with Crippen molar-refractivity contribution in [3.63, 3.8) is 0 Å². The van der Waals surface area contributed by atoms with Crippen LogP contribution in [0.1, 0.15) is 29.2 Å². The molecule has 0 unspecified atom stereocenters. The van der Waals surface area contributed by atoms with Crippen LogP contribution in [0.3, 0.4) is 0 Å². The number of nitrogens with zero attached hydrogens (tertiary/aromatic N) is 3. The highest BCUT2D eigenvalue weighted by Gasteiger charge is 2.33. The number of carbonyl (C=O) groups is 2. The number of benzene rings is 2. The molecule has 0 bridgehead atoms. The lowest BCUT2D eigenvalue weighted by atomic mass is 10.1. The summed E-state index contributed by atoms with van der Waals surface area (Å²) in [4.78, 5) is 29.4. The van der Waals surface area contributed by atoms with E-state index in [-0.39, 0.29) is 18.2 Å². The molecule has 3 aromatic rings. The quantitative estimate of drug-likeness (QED) is 0.630. The fourth-order valence-electron chi connectivity index (χ4n) is 3.30. The summed E-state index contributed by atoms with van der Waals surface area (Å²) in [5, 5.41) is 10.6. The van der Waals surface area contributed by atoms with Crippen LogP contribution in [0.5, 0.6) is 0 Å². The predicted molar refractivity (Wildman–Crippen MR) is 113 cm³/mol. The highest BCUT2D eigenvalue weighted by atomic mass is 32.2. The summed E-state index contributed by atoms with van der Waals surface area (Å²) in [5.74, 6) is 0.482. The summed E-state index contributed by atoms with van der Waals surface area (Å²) in [5.41, 5.74) is 3.97. The molecule has 1 aliphatic heterocycles. The Morgan fingerprint density at radius 1 is 1.21 bits per heavy atom. The van der Waals surface area contributed by atoms with Crippen LogP contribution in [-0.2, 0) is 15.3 Å². The summed E-state index contributed by atoms with van der Waals surface area (Å²) in [6.45, 7) is 3.95. The normalized spacial score (nSPS) is 15.5. The van der Waals surface area contributed by atoms with Gasteiger partial charge in [0.2, 0.25) is 22.9 Å². The molecule has 0 radical (unpaired) electrons. The van der Waals surface area contributed by atoms with Gasteiger partial charge < -0.3 is 5.32 Å². The van der Waals surface area contributed by atoms with Gasteiger partial charge in [0.15, 0.2) is 0 Å². The summed E-state index contributed by atoms with van der Waals surface area (Å²) >= 11 is 1.46. The number of fused-ring (bicyclic) bond motifs is 1. The zero-order chi connectivity index (χ0) is 20.4. The van der Waals surface area contributed by atoms with Crippen molar-refractivity contribution in [3.8, 4) is 0 Å². The molecule has 0 spiro atoms. The Morgan fingerprint density at radius 2 is 1.93 bits per heavy atom. The number of hydrogen-bond acceptors (Lipinski definition) is 5. The lowest BCUT2D eigenvalue weighted by Crippen LogP contribution is -2.36. The van der Waals surface area contributed by atoms with Crippen molar-refractivity contribution in [1.82, 2.24) is 14.8 Å². The third-order valence-corrected chi connectivity index (χ3v) is 5.45. The van der Waals surface area contributed by atoms with E-state index in [2.05, 4.69) is 20.7 Å². The number of anilines is 2. The van der Waals surface area contributed by atoms with Crippen LogP contribution >= 0.6 is 11.8 Å². The fourth-order valence-corrected chi connectivity index (χ4v) is 4.09. The molecule has 0 saturated carbocycles. The maximum atomic E-state index is 12.9. The molecule has 8 heteroatoms. The standard InChI is InChI=1S/C21H21N5O2S/c1-13-8-14(2)10-16(9-13)22-19(28)17-11-18(27)23-20-24-21(25-26(17)20)29-12-15-6-4-3-5-7-15/h3-10,17H,11-12H2,1-2H3,(H,22,28)(H,23,24,25,27)/t17-/m0/s1. The van der Waals surface area contributed by atoms with Gasteiger partial charge >= 0.3 is 0 Å². The third-order valence-electron chi connectivity index (χ3n) is 4.54. The number of aromatic nitrogens is 3. The molecule has 148 valence electrons. The van der Waals surface area contributed by atoms with E-state index >= 15 is 0 Å². The zero-order valence-electron chi connectivity index (χ0n) is 16.2. The molecule has 2 amide bonds. The molecule has 0 aliphatic carbocycles. The van der Waals surface area contributed by atoms with Gasteiger partial charge in [0.1, 0.15) is 6.04 Å². The van der Waals surface area contributed by atoms with Crippen molar-refractivity contribution in [2.75, 3.05) is 10.6 Å². The van der Waals surface area contributed by atoms with Gasteiger partial charge in [0.05, 0.1) is 6.42 Å². The maximum Gasteiger partial charge on any atom is 0.249 e. The van der Waals surface area contributed by atoms with Crippen LogP contribution in [-0.4, -0.2) is 26.6 Å². The van der Waals surface area contributed by atoms with E-state index in [4.69, 9.17) is 0 Å². The number of aryl methyl sites for hydroxylation is 2. The molecule has 0 saturated heterocycles. The molecule has 1 aromatic heterocycles. The number of nitrogens with one attached hydrogen (secondary N) is 2. The molecule has 29 heavy (non-hydrogen) atoms. The first-order valence-corrected chi connectivity index (χ1v) is 10.3. The van der Waals surface area contributed by atoms with Crippen LogP contribution in [0.25, 0.3) is 0 Å². The average Bonchev–Trinajstić information content (AvgIpc) is 3.08. The Morgan fingerprint density at radius 3 is 2.66 bits per heavy atom. The first kappa shape index (κ1) is 19.2. The minimum atomic E-state index is -0.738. The first-order valence-electron chi connectivity index (χ1n) is 9.30. The second-order valence-corrected chi connectivity index (χ2v) is 8.01. The van der Waals surface area contributed by atoms with E-state index in [1.54, 1.807) is 0 Å². The number of thioether (sulfide) groups is 1. The van der Waals surface area contributed by atoms with E-state index in [1.165, 1.54) is 16.4 Å². The van der Waals surface area contributed by atoms with Gasteiger partial charge in [0.25, 0.3) is 0 Å². The molecule has 1 aliphatic rings. The Balaban J connectivity index is 1.52. The Kier molecular flexibility index (Phi) is 5.35. The molecule has 7 nitrogen and oxygen atoms in total. The largest absolute Gasteiger partial charge is 0.324 e. The van der Waals surface area contributed by atoms with Crippen LogP contribution in [0, 0.1) is 13.8 Å². The highest BCUT2D eigenvalue weighted by Crippen LogP contribution is 2.28. The summed E-state index contributed by atoms with van der Waals surface area (Å²) in [6.07, 6.45) is 0.0236. The molecule has 2 N–H and O–H groups in total. The van der Waals surface area contributed by atoms with Crippen LogP contribution < -0.4 is 10.6 Å². The van der Waals surface area contributed by atoms with E-state index in [9.17, 15) is 9.59 Å². The summed E-state index contributed by atoms with van der Waals surface area (Å²) < 4.78 is 1.51. The van der Waals surface area contributed by atoms with Crippen molar-refractivity contribution in [1.29, 1.82) is 0 Å². The molecular weight excluding hydrogens is 386 g/mol. The van der Waals surface area contributed by atoms with Gasteiger partial charge in [-0.1, -0.05) is 48.2 Å². The van der Waals surface area contributed by atoms with Gasteiger partial charge in [-0.25, -0.2) is 4.68 Å². The van der Waals surface area contributed by atoms with Crippen molar-refractivity contribution in [2.24, 2.45) is 0 Å². The SMILES string of the molecule is Cc1cc(C)cc(NC(=O)[C@@H]2CC(=O)Nc3nc(SCc4ccccc4)nn32)c1. The second-order valence-electron chi connectivity index (χ2n) is 7.07. The highest BCUT2D eigenvalue weighted by molar-refractivity contribution is 7.98. The van der Waals surface area contributed by atoms with Crippen LogP contribution in [0.15, 0.2) is 53.7 Å². The van der Waals surface area contributed by atoms with Crippen molar-refractivity contribution < 1.29 is 9.59 Å². The smallest absolute Gasteiger partial charge is 0.249 e. The lowest BCUT2D eigenvalue weighted by molar-refractivity contribution is -0.125. The van der Waals surface area contributed by atoms with Crippen molar-refractivity contribution in [2.45, 2.75) is 37.2 Å². The minimum Gasteiger partial charge on any atom is -0.324 e. The number of amides is 2. The fraction of sp³-hybridized carbons (Fsp3) is 0.238. The number of hydrogen-bond donors (Lipinski definition) is 2. The topological polar surface area (TPSA) is 88.9 Å². The Labute approximate surface area is 172 Å². The lowest BCUT2D eigenvalue weighted by Gasteiger charge is -2.22. The van der Waals surface area contributed by atoms with E-state index < -0.39 is 6.04 Å². The van der Waals surface area contributed by atoms with E-state index in [0.717, 1.165) is 16.7 Å². The third kappa shape index (κ3) is 4.48. The molecule has 2 heterocycles.